The number of aliphatic hydroxyl groups is 1. The third-order valence-electron chi connectivity index (χ3n) is 2.16. The van der Waals surface area contributed by atoms with Gasteiger partial charge in [0.2, 0.25) is 0 Å². The van der Waals surface area contributed by atoms with Crippen LogP contribution in [-0.2, 0) is 0 Å². The van der Waals surface area contributed by atoms with Crippen LogP contribution in [0.25, 0.3) is 0 Å². The van der Waals surface area contributed by atoms with E-state index in [1.165, 1.54) is 25.7 Å². The average Bonchev–Trinajstić information content (AvgIpc) is 2.79. The van der Waals surface area contributed by atoms with Crippen LogP contribution < -0.4 is 0 Å². The Hall–Kier alpha value is -0.300. The molecule has 1 rings (SSSR count). The second-order valence-electron chi connectivity index (χ2n) is 3.40. The van der Waals surface area contributed by atoms with Gasteiger partial charge < -0.3 is 5.11 Å². The van der Waals surface area contributed by atoms with Crippen LogP contribution >= 0.6 is 0 Å². The van der Waals surface area contributed by atoms with Crippen molar-refractivity contribution >= 4 is 0 Å². The normalized spacial score (nSPS) is 20.9. The zero-order chi connectivity index (χ0) is 8.10. The Morgan fingerprint density at radius 3 is 2.82 bits per heavy atom. The quantitative estimate of drug-likeness (QED) is 0.476. The Morgan fingerprint density at radius 2 is 2.27 bits per heavy atom. The van der Waals surface area contributed by atoms with E-state index >= 15 is 0 Å². The lowest BCUT2D eigenvalue weighted by molar-refractivity contribution is 0.199. The molecule has 1 aliphatic carbocycles. The first kappa shape index (κ1) is 8.79. The van der Waals surface area contributed by atoms with Crippen LogP contribution in [0.5, 0.6) is 0 Å². The van der Waals surface area contributed by atoms with E-state index in [1.807, 2.05) is 6.08 Å². The largest absolute Gasteiger partial charge is 0.389 e. The second-order valence-corrected chi connectivity index (χ2v) is 3.40. The van der Waals surface area contributed by atoms with Crippen LogP contribution in [0.15, 0.2) is 12.2 Å². The topological polar surface area (TPSA) is 20.2 Å². The number of aliphatic hydroxyl groups excluding tert-OH is 1. The highest BCUT2D eigenvalue weighted by Gasteiger charge is 2.27. The van der Waals surface area contributed by atoms with Gasteiger partial charge in [0.05, 0.1) is 6.10 Å². The minimum absolute atomic E-state index is 0.146. The molecule has 0 unspecified atom stereocenters. The van der Waals surface area contributed by atoms with Gasteiger partial charge in [-0.3, -0.25) is 0 Å². The summed E-state index contributed by atoms with van der Waals surface area (Å²) in [5.74, 6) is 0.591. The van der Waals surface area contributed by atoms with Crippen LogP contribution in [-0.4, -0.2) is 11.2 Å². The van der Waals surface area contributed by atoms with E-state index in [9.17, 15) is 5.11 Å². The predicted molar refractivity (Wildman–Crippen MR) is 47.4 cm³/mol. The highest BCUT2D eigenvalue weighted by atomic mass is 16.3. The summed E-state index contributed by atoms with van der Waals surface area (Å²) in [7, 11) is 0. The van der Waals surface area contributed by atoms with Gasteiger partial charge in [0, 0.05) is 0 Å². The second kappa shape index (κ2) is 4.55. The Bertz CT molecular complexity index is 125. The molecule has 0 aliphatic heterocycles. The van der Waals surface area contributed by atoms with Crippen molar-refractivity contribution < 1.29 is 5.11 Å². The zero-order valence-corrected chi connectivity index (χ0v) is 7.29. The molecule has 1 nitrogen and oxygen atoms in total. The predicted octanol–water partition coefficient (Wildman–Crippen LogP) is 2.50. The maximum absolute atomic E-state index is 9.40. The van der Waals surface area contributed by atoms with E-state index < -0.39 is 0 Å². The highest BCUT2D eigenvalue weighted by Crippen LogP contribution is 2.33. The first-order chi connectivity index (χ1) is 5.34. The fourth-order valence-electron chi connectivity index (χ4n) is 1.15. The van der Waals surface area contributed by atoms with Crippen molar-refractivity contribution in [3.63, 3.8) is 0 Å². The number of allylic oxidation sites excluding steroid dienone is 1. The summed E-state index contributed by atoms with van der Waals surface area (Å²) in [6.07, 6.45) is 9.99. The van der Waals surface area contributed by atoms with Crippen LogP contribution in [0.1, 0.15) is 39.0 Å². The SMILES string of the molecule is CCCC/C=C/[C@H](O)C1CC1. The first-order valence-electron chi connectivity index (χ1n) is 4.69. The number of hydrogen-bond donors (Lipinski definition) is 1. The summed E-state index contributed by atoms with van der Waals surface area (Å²) >= 11 is 0. The fraction of sp³-hybridized carbons (Fsp3) is 0.800. The lowest BCUT2D eigenvalue weighted by atomic mass is 10.2. The summed E-state index contributed by atoms with van der Waals surface area (Å²) in [6, 6.07) is 0. The van der Waals surface area contributed by atoms with Gasteiger partial charge in [0.25, 0.3) is 0 Å². The van der Waals surface area contributed by atoms with Gasteiger partial charge in [0.15, 0.2) is 0 Å². The van der Waals surface area contributed by atoms with Crippen molar-refractivity contribution in [2.24, 2.45) is 5.92 Å². The Kier molecular flexibility index (Phi) is 3.64. The van der Waals surface area contributed by atoms with E-state index in [0.717, 1.165) is 6.42 Å². The third kappa shape index (κ3) is 3.57. The third-order valence-corrected chi connectivity index (χ3v) is 2.16. The molecule has 1 aliphatic rings. The van der Waals surface area contributed by atoms with Gasteiger partial charge in [-0.05, 0) is 25.2 Å². The Balaban J connectivity index is 2.02. The molecule has 0 aromatic carbocycles. The van der Waals surface area contributed by atoms with E-state index in [4.69, 9.17) is 0 Å². The van der Waals surface area contributed by atoms with Crippen molar-refractivity contribution in [3.8, 4) is 0 Å². The first-order valence-corrected chi connectivity index (χ1v) is 4.69. The number of unbranched alkanes of at least 4 members (excludes halogenated alkanes) is 2. The van der Waals surface area contributed by atoms with Crippen molar-refractivity contribution in [3.05, 3.63) is 12.2 Å². The maximum atomic E-state index is 9.40. The molecule has 0 aromatic heterocycles. The van der Waals surface area contributed by atoms with Crippen LogP contribution in [0, 0.1) is 5.92 Å². The van der Waals surface area contributed by atoms with Gasteiger partial charge in [-0.25, -0.2) is 0 Å². The van der Waals surface area contributed by atoms with E-state index in [0.29, 0.717) is 5.92 Å². The molecule has 0 amide bonds. The molecule has 1 heteroatoms. The summed E-state index contributed by atoms with van der Waals surface area (Å²) in [4.78, 5) is 0. The minimum Gasteiger partial charge on any atom is -0.389 e. The van der Waals surface area contributed by atoms with Gasteiger partial charge in [-0.1, -0.05) is 31.9 Å². The highest BCUT2D eigenvalue weighted by molar-refractivity contribution is 4.96. The minimum atomic E-state index is -0.146. The van der Waals surface area contributed by atoms with E-state index in [-0.39, 0.29) is 6.10 Å². The molecule has 0 saturated heterocycles. The van der Waals surface area contributed by atoms with Crippen molar-refractivity contribution in [1.29, 1.82) is 0 Å². The number of rotatable bonds is 5. The van der Waals surface area contributed by atoms with Gasteiger partial charge in [-0.15, -0.1) is 0 Å². The van der Waals surface area contributed by atoms with Crippen LogP contribution in [0.2, 0.25) is 0 Å². The summed E-state index contributed by atoms with van der Waals surface area (Å²) in [6.45, 7) is 2.19. The molecule has 0 radical (unpaired) electrons. The summed E-state index contributed by atoms with van der Waals surface area (Å²) in [5, 5.41) is 9.40. The Labute approximate surface area is 69.1 Å². The molecule has 1 atom stereocenters. The molecule has 1 fully saturated rings. The molecule has 1 N–H and O–H groups in total. The maximum Gasteiger partial charge on any atom is 0.0749 e. The molecule has 0 bridgehead atoms. The molecular weight excluding hydrogens is 136 g/mol. The average molecular weight is 154 g/mol. The van der Waals surface area contributed by atoms with Crippen LogP contribution in [0.4, 0.5) is 0 Å². The summed E-state index contributed by atoms with van der Waals surface area (Å²) in [5.41, 5.74) is 0. The van der Waals surface area contributed by atoms with E-state index in [2.05, 4.69) is 13.0 Å². The Morgan fingerprint density at radius 1 is 1.55 bits per heavy atom. The van der Waals surface area contributed by atoms with Gasteiger partial charge in [0.1, 0.15) is 0 Å². The number of hydrogen-bond acceptors (Lipinski definition) is 1. The molecule has 0 spiro atoms. The van der Waals surface area contributed by atoms with Gasteiger partial charge in [-0.2, -0.15) is 0 Å². The van der Waals surface area contributed by atoms with Crippen molar-refractivity contribution in [2.45, 2.75) is 45.1 Å². The van der Waals surface area contributed by atoms with Crippen LogP contribution in [0.3, 0.4) is 0 Å². The van der Waals surface area contributed by atoms with Crippen molar-refractivity contribution in [2.75, 3.05) is 0 Å². The lowest BCUT2D eigenvalue weighted by Gasteiger charge is -2.00. The lowest BCUT2D eigenvalue weighted by Crippen LogP contribution is -2.03. The van der Waals surface area contributed by atoms with E-state index in [1.54, 1.807) is 0 Å². The van der Waals surface area contributed by atoms with Gasteiger partial charge >= 0.3 is 0 Å². The molecular formula is C10H18O. The molecule has 11 heavy (non-hydrogen) atoms. The molecule has 0 heterocycles. The smallest absolute Gasteiger partial charge is 0.0749 e. The molecule has 0 aromatic rings. The summed E-state index contributed by atoms with van der Waals surface area (Å²) < 4.78 is 0. The monoisotopic (exact) mass is 154 g/mol. The molecule has 1 saturated carbocycles. The van der Waals surface area contributed by atoms with Crippen molar-refractivity contribution in [1.82, 2.24) is 0 Å². The fourth-order valence-corrected chi connectivity index (χ4v) is 1.15. The molecule has 64 valence electrons. The standard InChI is InChI=1S/C10H18O/c1-2-3-4-5-6-10(11)9-7-8-9/h5-6,9-11H,2-4,7-8H2,1H3/b6-5+/t10-/m0/s1. The zero-order valence-electron chi connectivity index (χ0n) is 7.29.